The summed E-state index contributed by atoms with van der Waals surface area (Å²) in [5.41, 5.74) is 3.20. The number of amides is 1. The van der Waals surface area contributed by atoms with Gasteiger partial charge in [-0.15, -0.1) is 9.73 Å². The number of fused-ring (bicyclic) bond motifs is 1. The Morgan fingerprint density at radius 1 is 1.00 bits per heavy atom. The third kappa shape index (κ3) is 4.98. The third-order valence-corrected chi connectivity index (χ3v) is 8.65. The number of phenols is 1. The highest BCUT2D eigenvalue weighted by Gasteiger charge is 2.40. The maximum absolute atomic E-state index is 13.7. The SMILES string of the molecule is CCN(CC)c1ccc(C2=C(O)C(=c3c(C(C)(C)C)nn4nc(-c5ccc(NC(=O)C6CCCC6)cc5)nc34)C2=O)c(O)c1. The molecule has 2 aromatic carbocycles. The molecule has 2 aliphatic rings. The molecule has 1 fully saturated rings. The number of carbonyl (C=O) groups is 2. The van der Waals surface area contributed by atoms with Crippen molar-refractivity contribution in [2.24, 2.45) is 5.92 Å². The topological polar surface area (TPSA) is 133 Å². The van der Waals surface area contributed by atoms with Crippen molar-refractivity contribution in [3.05, 3.63) is 64.7 Å². The Balaban J connectivity index is 1.39. The normalized spacial score (nSPS) is 17.0. The number of hydrogen-bond donors (Lipinski definition) is 3. The van der Waals surface area contributed by atoms with Crippen LogP contribution in [0.2, 0.25) is 0 Å². The molecule has 0 unspecified atom stereocenters. The first-order valence-electron chi connectivity index (χ1n) is 15.3. The highest BCUT2D eigenvalue weighted by molar-refractivity contribution is 6.52. The lowest BCUT2D eigenvalue weighted by Crippen LogP contribution is -2.32. The summed E-state index contributed by atoms with van der Waals surface area (Å²) in [6.45, 7) is 11.5. The van der Waals surface area contributed by atoms with Crippen LogP contribution in [0, 0.1) is 5.92 Å². The van der Waals surface area contributed by atoms with Crippen molar-refractivity contribution in [3.63, 3.8) is 0 Å². The van der Waals surface area contributed by atoms with Crippen LogP contribution in [0.3, 0.4) is 0 Å². The summed E-state index contributed by atoms with van der Waals surface area (Å²) < 4.78 is 1.41. The fourth-order valence-corrected chi connectivity index (χ4v) is 6.19. The molecular weight excluding hydrogens is 556 g/mol. The molecule has 0 spiro atoms. The molecule has 4 aromatic rings. The molecule has 1 saturated carbocycles. The van der Waals surface area contributed by atoms with E-state index in [4.69, 9.17) is 10.1 Å². The predicted octanol–water partition coefficient (Wildman–Crippen LogP) is 5.19. The number of allylic oxidation sites excluding steroid dienone is 2. The second-order valence-corrected chi connectivity index (χ2v) is 12.6. The number of aliphatic hydroxyl groups is 1. The number of anilines is 2. The Hall–Kier alpha value is -4.73. The first kappa shape index (κ1) is 29.3. The lowest BCUT2D eigenvalue weighted by Gasteiger charge is -2.25. The molecule has 10 heteroatoms. The average molecular weight is 595 g/mol. The molecule has 44 heavy (non-hydrogen) atoms. The van der Waals surface area contributed by atoms with E-state index in [9.17, 15) is 19.8 Å². The zero-order valence-electron chi connectivity index (χ0n) is 25.8. The monoisotopic (exact) mass is 594 g/mol. The molecule has 10 nitrogen and oxygen atoms in total. The molecule has 0 aliphatic heterocycles. The highest BCUT2D eigenvalue weighted by Crippen LogP contribution is 2.42. The summed E-state index contributed by atoms with van der Waals surface area (Å²) in [6, 6.07) is 12.5. The van der Waals surface area contributed by atoms with Crippen molar-refractivity contribution in [2.45, 2.75) is 65.7 Å². The van der Waals surface area contributed by atoms with Crippen molar-refractivity contribution in [1.29, 1.82) is 0 Å². The number of nitrogens with one attached hydrogen (secondary N) is 1. The minimum Gasteiger partial charge on any atom is -0.507 e. The molecule has 2 aromatic heterocycles. The maximum Gasteiger partial charge on any atom is 0.227 e. The zero-order chi connectivity index (χ0) is 31.3. The van der Waals surface area contributed by atoms with Crippen molar-refractivity contribution in [1.82, 2.24) is 19.8 Å². The van der Waals surface area contributed by atoms with Gasteiger partial charge in [0.25, 0.3) is 0 Å². The van der Waals surface area contributed by atoms with Crippen LogP contribution in [0.4, 0.5) is 11.4 Å². The van der Waals surface area contributed by atoms with Gasteiger partial charge in [0, 0.05) is 53.0 Å². The Morgan fingerprint density at radius 3 is 2.27 bits per heavy atom. The van der Waals surface area contributed by atoms with Crippen LogP contribution < -0.4 is 15.4 Å². The van der Waals surface area contributed by atoms with Crippen molar-refractivity contribution < 1.29 is 19.8 Å². The van der Waals surface area contributed by atoms with Crippen LogP contribution in [0.5, 0.6) is 5.75 Å². The van der Waals surface area contributed by atoms with Crippen molar-refractivity contribution >= 4 is 39.9 Å². The van der Waals surface area contributed by atoms with E-state index < -0.39 is 5.41 Å². The minimum absolute atomic E-state index is 0.0557. The number of carbonyl (C=O) groups excluding carboxylic acids is 2. The van der Waals surface area contributed by atoms with Crippen LogP contribution in [0.1, 0.15) is 71.6 Å². The molecule has 1 amide bonds. The summed E-state index contributed by atoms with van der Waals surface area (Å²) in [5, 5.41) is 34.8. The molecule has 0 saturated heterocycles. The fraction of sp³-hybridized carbons (Fsp3) is 0.382. The van der Waals surface area contributed by atoms with Crippen LogP contribution in [-0.2, 0) is 15.0 Å². The molecule has 0 radical (unpaired) electrons. The van der Waals surface area contributed by atoms with E-state index in [2.05, 4.69) is 15.3 Å². The van der Waals surface area contributed by atoms with E-state index in [0.29, 0.717) is 28.1 Å². The number of hydrogen-bond acceptors (Lipinski definition) is 8. The van der Waals surface area contributed by atoms with Gasteiger partial charge in [-0.1, -0.05) is 33.6 Å². The first-order valence-corrected chi connectivity index (χ1v) is 15.3. The van der Waals surface area contributed by atoms with Gasteiger partial charge in [0.05, 0.1) is 22.1 Å². The quantitative estimate of drug-likeness (QED) is 0.266. The number of nitrogens with zero attached hydrogens (tertiary/aromatic N) is 5. The number of ketones is 1. The van der Waals surface area contributed by atoms with Gasteiger partial charge in [-0.05, 0) is 63.1 Å². The van der Waals surface area contributed by atoms with Crippen LogP contribution in [0.15, 0.2) is 48.2 Å². The van der Waals surface area contributed by atoms with Gasteiger partial charge in [-0.2, -0.15) is 5.10 Å². The van der Waals surface area contributed by atoms with Crippen molar-refractivity contribution in [3.8, 4) is 17.1 Å². The summed E-state index contributed by atoms with van der Waals surface area (Å²) in [6.07, 6.45) is 4.06. The van der Waals surface area contributed by atoms with E-state index >= 15 is 0 Å². The van der Waals surface area contributed by atoms with Crippen LogP contribution in [-0.4, -0.2) is 54.8 Å². The summed E-state index contributed by atoms with van der Waals surface area (Å²) >= 11 is 0. The predicted molar refractivity (Wildman–Crippen MR) is 170 cm³/mol. The van der Waals surface area contributed by atoms with Crippen molar-refractivity contribution in [2.75, 3.05) is 23.3 Å². The van der Waals surface area contributed by atoms with Gasteiger partial charge in [0.15, 0.2) is 11.5 Å². The molecule has 6 rings (SSSR count). The first-order chi connectivity index (χ1) is 21.0. The molecule has 228 valence electrons. The van der Waals surface area contributed by atoms with Gasteiger partial charge in [0.1, 0.15) is 11.5 Å². The van der Waals surface area contributed by atoms with Gasteiger partial charge in [-0.25, -0.2) is 4.98 Å². The number of aliphatic hydroxyl groups excluding tert-OH is 1. The van der Waals surface area contributed by atoms with E-state index in [-0.39, 0.29) is 45.8 Å². The molecule has 2 heterocycles. The van der Waals surface area contributed by atoms with Crippen LogP contribution in [0.25, 0.3) is 28.2 Å². The second kappa shape index (κ2) is 11.1. The number of rotatable bonds is 7. The number of phenolic OH excluding ortho intramolecular Hbond substituents is 1. The molecule has 2 aliphatic carbocycles. The maximum atomic E-state index is 13.7. The summed E-state index contributed by atoms with van der Waals surface area (Å²) in [7, 11) is 0. The van der Waals surface area contributed by atoms with E-state index in [0.717, 1.165) is 50.0 Å². The standard InChI is InChI=1S/C34H38N6O4/c1-6-39(7-2)22-16-17-23(24(41)18-22)25-28(42)26(29(25)43)27-30(34(3,4)5)37-40-32(27)36-31(38-40)19-12-14-21(15-13-19)35-33(44)20-10-8-9-11-20/h12-18,20,41-42H,6-11H2,1-5H3,(H,35,44). The minimum atomic E-state index is -0.478. The van der Waals surface area contributed by atoms with Gasteiger partial charge >= 0.3 is 0 Å². The van der Waals surface area contributed by atoms with E-state index in [1.807, 2.05) is 65.0 Å². The molecule has 0 atom stereocenters. The smallest absolute Gasteiger partial charge is 0.227 e. The fourth-order valence-electron chi connectivity index (χ4n) is 6.19. The molecular formula is C34H38N6O4. The number of Topliss-reactive ketones (excluding diaryl/α,β-unsaturated/α-hetero) is 1. The zero-order valence-corrected chi connectivity index (χ0v) is 25.8. The Labute approximate surface area is 256 Å². The second-order valence-electron chi connectivity index (χ2n) is 12.6. The molecule has 0 bridgehead atoms. The lowest BCUT2D eigenvalue weighted by molar-refractivity contribution is -0.119. The Bertz CT molecular complexity index is 1860. The van der Waals surface area contributed by atoms with Gasteiger partial charge in [0.2, 0.25) is 11.7 Å². The lowest BCUT2D eigenvalue weighted by atomic mass is 9.80. The summed E-state index contributed by atoms with van der Waals surface area (Å²) in [5.74, 6) is -0.125. The van der Waals surface area contributed by atoms with E-state index in [1.54, 1.807) is 12.1 Å². The average Bonchev–Trinajstić information content (AvgIpc) is 3.74. The number of benzene rings is 2. The Kier molecular flexibility index (Phi) is 7.39. The van der Waals surface area contributed by atoms with Crippen LogP contribution >= 0.6 is 0 Å². The van der Waals surface area contributed by atoms with Gasteiger partial charge in [-0.3, -0.25) is 9.59 Å². The summed E-state index contributed by atoms with van der Waals surface area (Å²) in [4.78, 5) is 33.0. The number of aromatic nitrogens is 4. The Morgan fingerprint density at radius 2 is 1.68 bits per heavy atom. The largest absolute Gasteiger partial charge is 0.507 e. The number of aromatic hydroxyl groups is 1. The third-order valence-electron chi connectivity index (χ3n) is 8.65. The highest BCUT2D eigenvalue weighted by atomic mass is 16.3. The van der Waals surface area contributed by atoms with Gasteiger partial charge < -0.3 is 20.4 Å². The van der Waals surface area contributed by atoms with E-state index in [1.165, 1.54) is 4.63 Å². The molecule has 3 N–H and O–H groups in total.